The fraction of sp³-hybridized carbons (Fsp3) is 0.154. The standard InChI is InChI=1S/C13H10Cl3NO3S/c14-10-2-1-8(3-11(10)15)6-21(19,20)7-9-5-17-13(16)4-12(9)18/h1-5H,6-7H2,(H,17,18). The lowest BCUT2D eigenvalue weighted by atomic mass is 10.2. The third kappa shape index (κ3) is 4.48. The van der Waals surface area contributed by atoms with Gasteiger partial charge in [-0.05, 0) is 17.7 Å². The average Bonchev–Trinajstić information content (AvgIpc) is 2.37. The van der Waals surface area contributed by atoms with E-state index in [1.54, 1.807) is 6.07 Å². The summed E-state index contributed by atoms with van der Waals surface area (Å²) in [4.78, 5) is 14.3. The van der Waals surface area contributed by atoms with Gasteiger partial charge in [-0.25, -0.2) is 8.42 Å². The number of sulfone groups is 1. The topological polar surface area (TPSA) is 67.0 Å². The minimum Gasteiger partial charge on any atom is -0.352 e. The molecule has 0 aliphatic heterocycles. The highest BCUT2D eigenvalue weighted by Gasteiger charge is 2.16. The van der Waals surface area contributed by atoms with E-state index >= 15 is 0 Å². The summed E-state index contributed by atoms with van der Waals surface area (Å²) >= 11 is 17.2. The molecule has 112 valence electrons. The predicted molar refractivity (Wildman–Crippen MR) is 84.9 cm³/mol. The number of aromatic amines is 1. The number of pyridine rings is 1. The Morgan fingerprint density at radius 1 is 1.00 bits per heavy atom. The molecule has 2 aromatic rings. The lowest BCUT2D eigenvalue weighted by Gasteiger charge is -2.06. The lowest BCUT2D eigenvalue weighted by Crippen LogP contribution is -2.15. The van der Waals surface area contributed by atoms with Crippen molar-refractivity contribution in [1.29, 1.82) is 0 Å². The van der Waals surface area contributed by atoms with Gasteiger partial charge >= 0.3 is 0 Å². The fourth-order valence-electron chi connectivity index (χ4n) is 1.76. The minimum absolute atomic E-state index is 0.138. The highest BCUT2D eigenvalue weighted by molar-refractivity contribution is 7.89. The summed E-state index contributed by atoms with van der Waals surface area (Å²) in [5, 5.41) is 0.797. The van der Waals surface area contributed by atoms with Crippen molar-refractivity contribution < 1.29 is 8.42 Å². The van der Waals surface area contributed by atoms with Crippen molar-refractivity contribution in [2.24, 2.45) is 0 Å². The van der Waals surface area contributed by atoms with Crippen LogP contribution >= 0.6 is 34.8 Å². The van der Waals surface area contributed by atoms with Gasteiger partial charge in [-0.3, -0.25) is 4.79 Å². The lowest BCUT2D eigenvalue weighted by molar-refractivity contribution is 0.594. The molecule has 0 aliphatic rings. The largest absolute Gasteiger partial charge is 0.352 e. The van der Waals surface area contributed by atoms with Gasteiger partial charge in [0.25, 0.3) is 0 Å². The number of nitrogens with one attached hydrogen (secondary N) is 1. The highest BCUT2D eigenvalue weighted by atomic mass is 35.5. The van der Waals surface area contributed by atoms with E-state index in [0.29, 0.717) is 10.6 Å². The van der Waals surface area contributed by atoms with Gasteiger partial charge in [0.1, 0.15) is 5.15 Å². The fourth-order valence-corrected chi connectivity index (χ4v) is 3.72. The average molecular weight is 367 g/mol. The molecule has 0 radical (unpaired) electrons. The van der Waals surface area contributed by atoms with Crippen molar-refractivity contribution >= 4 is 44.6 Å². The zero-order valence-corrected chi connectivity index (χ0v) is 13.7. The molecular weight excluding hydrogens is 357 g/mol. The molecule has 1 aromatic heterocycles. The molecular formula is C13H10Cl3NO3S. The van der Waals surface area contributed by atoms with Gasteiger partial charge in [-0.2, -0.15) is 0 Å². The number of benzene rings is 1. The Hall–Kier alpha value is -1.01. The summed E-state index contributed by atoms with van der Waals surface area (Å²) in [6.45, 7) is 0. The van der Waals surface area contributed by atoms with Gasteiger partial charge in [0, 0.05) is 17.8 Å². The van der Waals surface area contributed by atoms with Gasteiger partial charge in [0.2, 0.25) is 0 Å². The van der Waals surface area contributed by atoms with Crippen LogP contribution in [0.25, 0.3) is 0 Å². The summed E-state index contributed by atoms with van der Waals surface area (Å²) in [5.41, 5.74) is 0.228. The van der Waals surface area contributed by atoms with Crippen molar-refractivity contribution in [2.75, 3.05) is 0 Å². The molecule has 0 unspecified atom stereocenters. The van der Waals surface area contributed by atoms with Crippen molar-refractivity contribution in [2.45, 2.75) is 11.5 Å². The molecule has 0 atom stereocenters. The molecule has 8 heteroatoms. The second kappa shape index (κ2) is 6.40. The van der Waals surface area contributed by atoms with Gasteiger partial charge in [0.05, 0.1) is 21.6 Å². The van der Waals surface area contributed by atoms with Crippen LogP contribution in [-0.2, 0) is 21.3 Å². The molecule has 21 heavy (non-hydrogen) atoms. The second-order valence-electron chi connectivity index (χ2n) is 4.45. The Morgan fingerprint density at radius 3 is 2.33 bits per heavy atom. The second-order valence-corrected chi connectivity index (χ2v) is 7.74. The van der Waals surface area contributed by atoms with E-state index in [1.807, 2.05) is 0 Å². The van der Waals surface area contributed by atoms with E-state index in [2.05, 4.69) is 4.98 Å². The number of aromatic nitrogens is 1. The van der Waals surface area contributed by atoms with Crippen LogP contribution in [0.1, 0.15) is 11.1 Å². The van der Waals surface area contributed by atoms with Crippen molar-refractivity contribution in [3.8, 4) is 0 Å². The smallest absolute Gasteiger partial charge is 0.187 e. The molecule has 4 nitrogen and oxygen atoms in total. The predicted octanol–water partition coefficient (Wildman–Crippen LogP) is 3.45. The normalized spacial score (nSPS) is 11.6. The van der Waals surface area contributed by atoms with Crippen LogP contribution in [0.5, 0.6) is 0 Å². The van der Waals surface area contributed by atoms with Crippen LogP contribution in [0, 0.1) is 0 Å². The molecule has 2 rings (SSSR count). The first kappa shape index (κ1) is 16.4. The van der Waals surface area contributed by atoms with Crippen LogP contribution in [-0.4, -0.2) is 13.4 Å². The number of H-pyrrole nitrogens is 1. The molecule has 0 spiro atoms. The third-order valence-corrected chi connectivity index (χ3v) is 5.19. The maximum Gasteiger partial charge on any atom is 0.187 e. The van der Waals surface area contributed by atoms with Gasteiger partial charge in [0.15, 0.2) is 15.3 Å². The van der Waals surface area contributed by atoms with E-state index in [4.69, 9.17) is 34.8 Å². The number of halogens is 3. The van der Waals surface area contributed by atoms with E-state index in [1.165, 1.54) is 18.3 Å². The number of rotatable bonds is 4. The summed E-state index contributed by atoms with van der Waals surface area (Å²) in [6, 6.07) is 5.75. The summed E-state index contributed by atoms with van der Waals surface area (Å²) in [7, 11) is -3.52. The van der Waals surface area contributed by atoms with Crippen LogP contribution in [0.2, 0.25) is 15.2 Å². The van der Waals surface area contributed by atoms with E-state index in [0.717, 1.165) is 6.07 Å². The Balaban J connectivity index is 2.22. The molecule has 0 bridgehead atoms. The highest BCUT2D eigenvalue weighted by Crippen LogP contribution is 2.24. The molecule has 1 N–H and O–H groups in total. The van der Waals surface area contributed by atoms with Crippen LogP contribution in [0.15, 0.2) is 35.3 Å². The Labute approximate surface area is 136 Å². The molecule has 0 amide bonds. The third-order valence-electron chi connectivity index (χ3n) is 2.70. The summed E-state index contributed by atoms with van der Waals surface area (Å²) in [6.07, 6.45) is 1.30. The monoisotopic (exact) mass is 365 g/mol. The Morgan fingerprint density at radius 2 is 1.71 bits per heavy atom. The maximum atomic E-state index is 12.1. The van der Waals surface area contributed by atoms with Crippen molar-refractivity contribution in [3.63, 3.8) is 0 Å². The number of hydrogen-bond donors (Lipinski definition) is 1. The summed E-state index contributed by atoms with van der Waals surface area (Å²) < 4.78 is 24.3. The zero-order valence-electron chi connectivity index (χ0n) is 10.6. The van der Waals surface area contributed by atoms with Crippen LogP contribution in [0.4, 0.5) is 0 Å². The van der Waals surface area contributed by atoms with E-state index < -0.39 is 15.3 Å². The van der Waals surface area contributed by atoms with Gasteiger partial charge < -0.3 is 4.98 Å². The SMILES string of the molecule is O=c1cc(Cl)[nH]cc1CS(=O)(=O)Cc1ccc(Cl)c(Cl)c1. The van der Waals surface area contributed by atoms with Crippen LogP contribution in [0.3, 0.4) is 0 Å². The minimum atomic E-state index is -3.52. The molecule has 0 saturated heterocycles. The first-order valence-corrected chi connectivity index (χ1v) is 8.74. The Kier molecular flexibility index (Phi) is 4.99. The molecule has 0 saturated carbocycles. The van der Waals surface area contributed by atoms with Crippen LogP contribution < -0.4 is 5.43 Å². The molecule has 0 fully saturated rings. The molecule has 0 aliphatic carbocycles. The van der Waals surface area contributed by atoms with E-state index in [9.17, 15) is 13.2 Å². The maximum absolute atomic E-state index is 12.1. The quantitative estimate of drug-likeness (QED) is 0.843. The van der Waals surface area contributed by atoms with Crippen molar-refractivity contribution in [3.05, 3.63) is 67.0 Å². The van der Waals surface area contributed by atoms with Gasteiger partial charge in [-0.1, -0.05) is 40.9 Å². The first-order chi connectivity index (χ1) is 9.77. The van der Waals surface area contributed by atoms with Gasteiger partial charge in [-0.15, -0.1) is 0 Å². The summed E-state index contributed by atoms with van der Waals surface area (Å²) in [5.74, 6) is -0.605. The van der Waals surface area contributed by atoms with Crippen molar-refractivity contribution in [1.82, 2.24) is 4.98 Å². The van der Waals surface area contributed by atoms with E-state index in [-0.39, 0.29) is 27.2 Å². The molecule has 1 aromatic carbocycles. The zero-order chi connectivity index (χ0) is 15.6. The Bertz CT molecular complexity index is 831. The first-order valence-electron chi connectivity index (χ1n) is 5.78. The number of hydrogen-bond acceptors (Lipinski definition) is 3. The molecule has 1 heterocycles.